The number of carbonyl (C=O) groups excluding carboxylic acids is 1. The predicted octanol–water partition coefficient (Wildman–Crippen LogP) is 3.56. The normalized spacial score (nSPS) is 15.3. The standard InChI is InChI=1S/C22H26N4O/c1-16-14-17(2)26-9-8-20(21(26)15-16)22(27)23-18-4-6-19(7-5-18)25-12-10-24(3)11-13-25/h4-9,14-15H,10-13H2,1-3H3,(H,23,27). The Morgan fingerprint density at radius 3 is 2.37 bits per heavy atom. The van der Waals surface area contributed by atoms with Crippen LogP contribution in [-0.2, 0) is 0 Å². The number of anilines is 2. The van der Waals surface area contributed by atoms with Crippen LogP contribution in [0.4, 0.5) is 11.4 Å². The second kappa shape index (κ2) is 7.08. The molecule has 3 aromatic rings. The molecule has 27 heavy (non-hydrogen) atoms. The molecular weight excluding hydrogens is 336 g/mol. The summed E-state index contributed by atoms with van der Waals surface area (Å²) in [7, 11) is 2.16. The third-order valence-electron chi connectivity index (χ3n) is 5.34. The number of aryl methyl sites for hydroxylation is 2. The summed E-state index contributed by atoms with van der Waals surface area (Å²) in [6, 6.07) is 14.2. The number of aromatic nitrogens is 1. The van der Waals surface area contributed by atoms with E-state index in [0.717, 1.165) is 48.6 Å². The second-order valence-electron chi connectivity index (χ2n) is 7.45. The smallest absolute Gasteiger partial charge is 0.257 e. The van der Waals surface area contributed by atoms with Gasteiger partial charge in [0.05, 0.1) is 11.1 Å². The maximum absolute atomic E-state index is 12.8. The van der Waals surface area contributed by atoms with E-state index >= 15 is 0 Å². The van der Waals surface area contributed by atoms with Gasteiger partial charge in [-0.1, -0.05) is 0 Å². The minimum absolute atomic E-state index is 0.0742. The lowest BCUT2D eigenvalue weighted by Crippen LogP contribution is -2.44. The number of benzene rings is 1. The largest absolute Gasteiger partial charge is 0.369 e. The molecule has 1 aromatic carbocycles. The number of rotatable bonds is 3. The van der Waals surface area contributed by atoms with Gasteiger partial charge < -0.3 is 19.5 Å². The zero-order valence-electron chi connectivity index (χ0n) is 16.2. The fraction of sp³-hybridized carbons (Fsp3) is 0.318. The first-order valence-electron chi connectivity index (χ1n) is 9.44. The van der Waals surface area contributed by atoms with Gasteiger partial charge in [0.2, 0.25) is 0 Å². The summed E-state index contributed by atoms with van der Waals surface area (Å²) < 4.78 is 2.05. The fourth-order valence-electron chi connectivity index (χ4n) is 3.77. The van der Waals surface area contributed by atoms with Gasteiger partial charge >= 0.3 is 0 Å². The van der Waals surface area contributed by atoms with Crippen LogP contribution in [0, 0.1) is 13.8 Å². The van der Waals surface area contributed by atoms with Crippen molar-refractivity contribution in [2.45, 2.75) is 13.8 Å². The molecule has 0 saturated carbocycles. The number of piperazine rings is 1. The van der Waals surface area contributed by atoms with Gasteiger partial charge in [-0.2, -0.15) is 0 Å². The molecule has 0 atom stereocenters. The zero-order valence-corrected chi connectivity index (χ0v) is 16.2. The monoisotopic (exact) mass is 362 g/mol. The van der Waals surface area contributed by atoms with Gasteiger partial charge in [-0.25, -0.2) is 0 Å². The van der Waals surface area contributed by atoms with Crippen LogP contribution in [0.5, 0.6) is 0 Å². The Morgan fingerprint density at radius 1 is 0.963 bits per heavy atom. The average molecular weight is 362 g/mol. The van der Waals surface area contributed by atoms with Crippen LogP contribution in [0.3, 0.4) is 0 Å². The van der Waals surface area contributed by atoms with Crippen molar-refractivity contribution >= 4 is 22.8 Å². The zero-order chi connectivity index (χ0) is 19.0. The lowest BCUT2D eigenvalue weighted by atomic mass is 10.1. The highest BCUT2D eigenvalue weighted by atomic mass is 16.1. The molecule has 1 fully saturated rings. The molecule has 1 amide bonds. The Morgan fingerprint density at radius 2 is 1.67 bits per heavy atom. The molecule has 1 aliphatic rings. The van der Waals surface area contributed by atoms with Crippen molar-refractivity contribution in [1.29, 1.82) is 0 Å². The quantitative estimate of drug-likeness (QED) is 0.774. The molecule has 0 spiro atoms. The second-order valence-corrected chi connectivity index (χ2v) is 7.45. The van der Waals surface area contributed by atoms with Gasteiger partial charge in [0.1, 0.15) is 0 Å². The summed E-state index contributed by atoms with van der Waals surface area (Å²) in [6.07, 6.45) is 1.95. The van der Waals surface area contributed by atoms with Crippen LogP contribution in [0.25, 0.3) is 5.52 Å². The van der Waals surface area contributed by atoms with E-state index in [2.05, 4.69) is 64.7 Å². The van der Waals surface area contributed by atoms with Gasteiger partial charge in [0.25, 0.3) is 5.91 Å². The lowest BCUT2D eigenvalue weighted by Gasteiger charge is -2.34. The number of fused-ring (bicyclic) bond motifs is 1. The van der Waals surface area contributed by atoms with Crippen molar-refractivity contribution in [2.24, 2.45) is 0 Å². The van der Waals surface area contributed by atoms with Gasteiger partial charge in [-0.15, -0.1) is 0 Å². The van der Waals surface area contributed by atoms with Gasteiger partial charge in [0, 0.05) is 49.4 Å². The summed E-state index contributed by atoms with van der Waals surface area (Å²) in [5, 5.41) is 3.03. The number of likely N-dealkylation sites (N-methyl/N-ethyl adjacent to an activating group) is 1. The SMILES string of the molecule is Cc1cc(C)n2ccc(C(=O)Nc3ccc(N4CCN(C)CC4)cc3)c2c1. The summed E-state index contributed by atoms with van der Waals surface area (Å²) >= 11 is 0. The van der Waals surface area contributed by atoms with E-state index in [1.54, 1.807) is 0 Å². The van der Waals surface area contributed by atoms with Crippen molar-refractivity contribution in [2.75, 3.05) is 43.4 Å². The summed E-state index contributed by atoms with van der Waals surface area (Å²) in [5.41, 5.74) is 5.96. The van der Waals surface area contributed by atoms with E-state index in [-0.39, 0.29) is 5.91 Å². The first-order chi connectivity index (χ1) is 13.0. The molecule has 0 aliphatic carbocycles. The van der Waals surface area contributed by atoms with E-state index in [1.807, 2.05) is 24.4 Å². The highest BCUT2D eigenvalue weighted by Crippen LogP contribution is 2.22. The molecule has 0 radical (unpaired) electrons. The molecular formula is C22H26N4O. The average Bonchev–Trinajstić information content (AvgIpc) is 3.07. The lowest BCUT2D eigenvalue weighted by molar-refractivity contribution is 0.102. The molecule has 0 unspecified atom stereocenters. The molecule has 1 aliphatic heterocycles. The molecule has 3 heterocycles. The number of pyridine rings is 1. The van der Waals surface area contributed by atoms with Crippen LogP contribution in [-0.4, -0.2) is 48.4 Å². The van der Waals surface area contributed by atoms with Crippen LogP contribution in [0.15, 0.2) is 48.7 Å². The van der Waals surface area contributed by atoms with Crippen molar-refractivity contribution < 1.29 is 4.79 Å². The predicted molar refractivity (Wildman–Crippen MR) is 111 cm³/mol. The summed E-state index contributed by atoms with van der Waals surface area (Å²) in [6.45, 7) is 8.35. The minimum atomic E-state index is -0.0742. The van der Waals surface area contributed by atoms with Crippen LogP contribution in [0.1, 0.15) is 21.6 Å². The summed E-state index contributed by atoms with van der Waals surface area (Å²) in [5.74, 6) is -0.0742. The molecule has 2 aromatic heterocycles. The van der Waals surface area contributed by atoms with Crippen LogP contribution >= 0.6 is 0 Å². The molecule has 1 saturated heterocycles. The highest BCUT2D eigenvalue weighted by molar-refractivity contribution is 6.09. The number of amides is 1. The van der Waals surface area contributed by atoms with E-state index < -0.39 is 0 Å². The summed E-state index contributed by atoms with van der Waals surface area (Å²) in [4.78, 5) is 17.5. The Kier molecular flexibility index (Phi) is 4.62. The number of nitrogens with one attached hydrogen (secondary N) is 1. The number of nitrogens with zero attached hydrogens (tertiary/aromatic N) is 3. The number of hydrogen-bond donors (Lipinski definition) is 1. The van der Waals surface area contributed by atoms with E-state index in [0.29, 0.717) is 5.56 Å². The molecule has 5 heteroatoms. The van der Waals surface area contributed by atoms with E-state index in [4.69, 9.17) is 0 Å². The number of carbonyl (C=O) groups is 1. The molecule has 0 bridgehead atoms. The Bertz CT molecular complexity index is 966. The Labute approximate surface area is 160 Å². The maximum Gasteiger partial charge on any atom is 0.257 e. The Balaban J connectivity index is 1.50. The van der Waals surface area contributed by atoms with Crippen molar-refractivity contribution in [3.05, 3.63) is 65.5 Å². The van der Waals surface area contributed by atoms with Gasteiger partial charge in [-0.05, 0) is 68.9 Å². The first-order valence-corrected chi connectivity index (χ1v) is 9.44. The fourth-order valence-corrected chi connectivity index (χ4v) is 3.77. The number of hydrogen-bond acceptors (Lipinski definition) is 3. The first kappa shape index (κ1) is 17.6. The van der Waals surface area contributed by atoms with Crippen molar-refractivity contribution in [3.8, 4) is 0 Å². The molecule has 1 N–H and O–H groups in total. The van der Waals surface area contributed by atoms with Crippen LogP contribution in [0.2, 0.25) is 0 Å². The minimum Gasteiger partial charge on any atom is -0.369 e. The van der Waals surface area contributed by atoms with Crippen LogP contribution < -0.4 is 10.2 Å². The third kappa shape index (κ3) is 3.55. The Hall–Kier alpha value is -2.79. The highest BCUT2D eigenvalue weighted by Gasteiger charge is 2.15. The van der Waals surface area contributed by atoms with Crippen molar-refractivity contribution in [1.82, 2.24) is 9.30 Å². The van der Waals surface area contributed by atoms with E-state index in [9.17, 15) is 4.79 Å². The molecule has 5 nitrogen and oxygen atoms in total. The topological polar surface area (TPSA) is 40.0 Å². The third-order valence-corrected chi connectivity index (χ3v) is 5.34. The van der Waals surface area contributed by atoms with Gasteiger partial charge in [-0.3, -0.25) is 4.79 Å². The maximum atomic E-state index is 12.8. The van der Waals surface area contributed by atoms with E-state index in [1.165, 1.54) is 5.69 Å². The van der Waals surface area contributed by atoms with Crippen molar-refractivity contribution in [3.63, 3.8) is 0 Å². The van der Waals surface area contributed by atoms with Gasteiger partial charge in [0.15, 0.2) is 0 Å². The molecule has 140 valence electrons. The molecule has 4 rings (SSSR count).